The van der Waals surface area contributed by atoms with E-state index >= 15 is 0 Å². The Bertz CT molecular complexity index is 900. The van der Waals surface area contributed by atoms with E-state index in [4.69, 9.17) is 9.11 Å². The summed E-state index contributed by atoms with van der Waals surface area (Å²) in [5.41, 5.74) is 3.60. The number of aromatic nitrogens is 1. The van der Waals surface area contributed by atoms with Gasteiger partial charge in [0.25, 0.3) is 0 Å². The van der Waals surface area contributed by atoms with E-state index in [0.29, 0.717) is 0 Å². The van der Waals surface area contributed by atoms with Crippen LogP contribution in [0.5, 0.6) is 5.75 Å². The minimum Gasteiger partial charge on any atom is -0.494 e. The molecule has 2 heterocycles. The number of hydrogen-bond acceptors (Lipinski definition) is 5. The first-order chi connectivity index (χ1) is 14.3. The van der Waals surface area contributed by atoms with Gasteiger partial charge in [0.1, 0.15) is 5.75 Å². The van der Waals surface area contributed by atoms with Gasteiger partial charge in [0.2, 0.25) is 0 Å². The van der Waals surface area contributed by atoms with E-state index in [1.54, 1.807) is 11.5 Å². The van der Waals surface area contributed by atoms with E-state index in [1.807, 2.05) is 0 Å². The second-order valence-corrected chi connectivity index (χ2v) is 8.50. The molecular formula is C24H31N3OS. The van der Waals surface area contributed by atoms with Crippen LogP contribution in [0.25, 0.3) is 21.3 Å². The molecule has 0 spiro atoms. The van der Waals surface area contributed by atoms with Gasteiger partial charge in [-0.05, 0) is 87.1 Å². The smallest absolute Gasteiger partial charge is 0.120 e. The molecule has 0 aliphatic carbocycles. The highest BCUT2D eigenvalue weighted by molar-refractivity contribution is 7.13. The van der Waals surface area contributed by atoms with Gasteiger partial charge in [0, 0.05) is 29.7 Å². The molecule has 0 atom stereocenters. The number of benzene rings is 2. The lowest BCUT2D eigenvalue weighted by atomic mass is 10.1. The molecule has 0 amide bonds. The molecule has 1 aromatic heterocycles. The molecule has 0 unspecified atom stereocenters. The molecule has 1 N–H and O–H groups in total. The summed E-state index contributed by atoms with van der Waals surface area (Å²) in [5, 5.41) is 4.56. The van der Waals surface area contributed by atoms with Gasteiger partial charge < -0.3 is 15.0 Å². The zero-order valence-corrected chi connectivity index (χ0v) is 18.1. The number of fused-ring (bicyclic) bond motifs is 1. The summed E-state index contributed by atoms with van der Waals surface area (Å²) in [6.45, 7) is 7.35. The van der Waals surface area contributed by atoms with Crippen molar-refractivity contribution >= 4 is 27.3 Å². The Hall–Kier alpha value is -2.11. The van der Waals surface area contributed by atoms with Crippen LogP contribution < -0.4 is 15.0 Å². The van der Waals surface area contributed by atoms with E-state index in [0.717, 1.165) is 44.0 Å². The van der Waals surface area contributed by atoms with Crippen LogP contribution in [0.1, 0.15) is 39.0 Å². The van der Waals surface area contributed by atoms with Gasteiger partial charge in [-0.15, -0.1) is 0 Å². The van der Waals surface area contributed by atoms with Crippen LogP contribution in [-0.2, 0) is 0 Å². The molecular weight excluding hydrogens is 378 g/mol. The Balaban J connectivity index is 1.40. The van der Waals surface area contributed by atoms with Crippen molar-refractivity contribution in [3.63, 3.8) is 0 Å². The molecule has 0 bridgehead atoms. The van der Waals surface area contributed by atoms with Crippen molar-refractivity contribution in [3.8, 4) is 17.0 Å². The summed E-state index contributed by atoms with van der Waals surface area (Å²) < 4.78 is 11.9. The van der Waals surface area contributed by atoms with Crippen molar-refractivity contribution in [1.29, 1.82) is 0 Å². The Labute approximate surface area is 178 Å². The van der Waals surface area contributed by atoms with Gasteiger partial charge in [-0.1, -0.05) is 19.1 Å². The molecule has 1 aliphatic rings. The number of ether oxygens (including phenoxy) is 1. The molecule has 154 valence electrons. The van der Waals surface area contributed by atoms with E-state index in [9.17, 15) is 0 Å². The highest BCUT2D eigenvalue weighted by atomic mass is 32.1. The van der Waals surface area contributed by atoms with E-state index in [-0.39, 0.29) is 0 Å². The Morgan fingerprint density at radius 1 is 1.03 bits per heavy atom. The number of unbranched alkanes of at least 4 members (excludes halogenated alkanes) is 1. The first-order valence-electron chi connectivity index (χ1n) is 10.9. The Morgan fingerprint density at radius 2 is 1.86 bits per heavy atom. The molecule has 29 heavy (non-hydrogen) atoms. The SMILES string of the molecule is CCNCCCCOc1ccc2c(-c3ccc(N4CCCCC4)cc3)nsc2c1. The number of rotatable bonds is 9. The maximum atomic E-state index is 5.94. The molecule has 1 aliphatic heterocycles. The topological polar surface area (TPSA) is 37.4 Å². The average Bonchev–Trinajstić information content (AvgIpc) is 3.20. The maximum Gasteiger partial charge on any atom is 0.120 e. The lowest BCUT2D eigenvalue weighted by Crippen LogP contribution is -2.29. The summed E-state index contributed by atoms with van der Waals surface area (Å²) in [6.07, 6.45) is 6.19. The van der Waals surface area contributed by atoms with Crippen LogP contribution >= 0.6 is 11.5 Å². The third kappa shape index (κ3) is 5.09. The molecule has 4 rings (SSSR count). The van der Waals surface area contributed by atoms with Crippen LogP contribution in [0.2, 0.25) is 0 Å². The average molecular weight is 410 g/mol. The number of nitrogens with zero attached hydrogens (tertiary/aromatic N) is 2. The second-order valence-electron chi connectivity index (χ2n) is 7.69. The fourth-order valence-corrected chi connectivity index (χ4v) is 4.74. The zero-order valence-electron chi connectivity index (χ0n) is 17.3. The quantitative estimate of drug-likeness (QED) is 0.459. The Morgan fingerprint density at radius 3 is 2.66 bits per heavy atom. The van der Waals surface area contributed by atoms with Crippen molar-refractivity contribution in [2.45, 2.75) is 39.0 Å². The summed E-state index contributed by atoms with van der Waals surface area (Å²) in [7, 11) is 0. The van der Waals surface area contributed by atoms with Crippen molar-refractivity contribution in [1.82, 2.24) is 9.69 Å². The maximum absolute atomic E-state index is 5.94. The summed E-state index contributed by atoms with van der Waals surface area (Å²) in [4.78, 5) is 2.49. The lowest BCUT2D eigenvalue weighted by molar-refractivity contribution is 0.306. The third-order valence-electron chi connectivity index (χ3n) is 5.57. The normalized spacial score (nSPS) is 14.4. The molecule has 4 nitrogen and oxygen atoms in total. The summed E-state index contributed by atoms with van der Waals surface area (Å²) in [6, 6.07) is 15.3. The second kappa shape index (κ2) is 10.1. The van der Waals surface area contributed by atoms with Crippen LogP contribution in [0.3, 0.4) is 0 Å². The number of piperidine rings is 1. The minimum absolute atomic E-state index is 0.764. The predicted octanol–water partition coefficient (Wildman–Crippen LogP) is 5.72. The van der Waals surface area contributed by atoms with Crippen molar-refractivity contribution in [2.24, 2.45) is 0 Å². The van der Waals surface area contributed by atoms with Gasteiger partial charge in [0.15, 0.2) is 0 Å². The fourth-order valence-electron chi connectivity index (χ4n) is 3.92. The standard InChI is InChI=1S/C24H31N3OS/c1-2-25-14-4-7-17-28-21-12-13-22-23(18-21)29-26-24(22)19-8-10-20(11-9-19)27-15-5-3-6-16-27/h8-13,18,25H,2-7,14-17H2,1H3. The van der Waals surface area contributed by atoms with Gasteiger partial charge >= 0.3 is 0 Å². The molecule has 3 aromatic rings. The highest BCUT2D eigenvalue weighted by Gasteiger charge is 2.13. The molecule has 2 aromatic carbocycles. The third-order valence-corrected chi connectivity index (χ3v) is 6.38. The largest absolute Gasteiger partial charge is 0.494 e. The molecule has 1 fully saturated rings. The molecule has 1 saturated heterocycles. The number of nitrogens with one attached hydrogen (secondary N) is 1. The fraction of sp³-hybridized carbons (Fsp3) is 0.458. The van der Waals surface area contributed by atoms with E-state index in [1.165, 1.54) is 53.7 Å². The summed E-state index contributed by atoms with van der Waals surface area (Å²) in [5.74, 6) is 0.941. The van der Waals surface area contributed by atoms with E-state index < -0.39 is 0 Å². The van der Waals surface area contributed by atoms with E-state index in [2.05, 4.69) is 59.6 Å². The van der Waals surface area contributed by atoms with Crippen molar-refractivity contribution < 1.29 is 4.74 Å². The monoisotopic (exact) mass is 409 g/mol. The molecule has 0 saturated carbocycles. The molecule has 0 radical (unpaired) electrons. The minimum atomic E-state index is 0.764. The zero-order chi connectivity index (χ0) is 19.9. The Kier molecular flexibility index (Phi) is 7.01. The predicted molar refractivity (Wildman–Crippen MR) is 124 cm³/mol. The highest BCUT2D eigenvalue weighted by Crippen LogP contribution is 2.34. The van der Waals surface area contributed by atoms with Crippen molar-refractivity contribution in [2.75, 3.05) is 37.7 Å². The van der Waals surface area contributed by atoms with Crippen LogP contribution in [-0.4, -0.2) is 37.2 Å². The van der Waals surface area contributed by atoms with Gasteiger partial charge in [-0.2, -0.15) is 4.37 Å². The van der Waals surface area contributed by atoms with Crippen molar-refractivity contribution in [3.05, 3.63) is 42.5 Å². The summed E-state index contributed by atoms with van der Waals surface area (Å²) >= 11 is 1.56. The van der Waals surface area contributed by atoms with Crippen LogP contribution in [0.15, 0.2) is 42.5 Å². The van der Waals surface area contributed by atoms with Crippen LogP contribution in [0, 0.1) is 0 Å². The number of hydrogen-bond donors (Lipinski definition) is 1. The first-order valence-corrected chi connectivity index (χ1v) is 11.7. The van der Waals surface area contributed by atoms with Gasteiger partial charge in [0.05, 0.1) is 17.0 Å². The number of anilines is 1. The lowest BCUT2D eigenvalue weighted by Gasteiger charge is -2.28. The molecule has 5 heteroatoms. The van der Waals surface area contributed by atoms with Gasteiger partial charge in [-0.25, -0.2) is 0 Å². The van der Waals surface area contributed by atoms with Crippen LogP contribution in [0.4, 0.5) is 5.69 Å². The van der Waals surface area contributed by atoms with Gasteiger partial charge in [-0.3, -0.25) is 0 Å². The first kappa shape index (κ1) is 20.2.